The van der Waals surface area contributed by atoms with E-state index in [2.05, 4.69) is 10.3 Å². The highest BCUT2D eigenvalue weighted by atomic mass is 32.2. The van der Waals surface area contributed by atoms with Crippen LogP contribution in [-0.4, -0.2) is 33.4 Å². The number of carboxylic acids is 1. The lowest BCUT2D eigenvalue weighted by Gasteiger charge is -2.28. The van der Waals surface area contributed by atoms with Crippen molar-refractivity contribution in [1.82, 2.24) is 10.3 Å². The summed E-state index contributed by atoms with van der Waals surface area (Å²) in [4.78, 5) is 15.6. The number of hydrogen-bond donors (Lipinski definition) is 2. The van der Waals surface area contributed by atoms with Crippen LogP contribution in [0.4, 0.5) is 0 Å². The van der Waals surface area contributed by atoms with Crippen molar-refractivity contribution in [2.75, 3.05) is 5.75 Å². The van der Waals surface area contributed by atoms with Gasteiger partial charge in [0.1, 0.15) is 5.54 Å². The Morgan fingerprint density at radius 1 is 1.53 bits per heavy atom. The van der Waals surface area contributed by atoms with Crippen LogP contribution < -0.4 is 5.32 Å². The molecule has 2 N–H and O–H groups in total. The maximum absolute atomic E-state index is 11.3. The van der Waals surface area contributed by atoms with Gasteiger partial charge in [-0.3, -0.25) is 10.1 Å². The van der Waals surface area contributed by atoms with Crippen molar-refractivity contribution in [3.05, 3.63) is 24.4 Å². The molecule has 0 saturated carbocycles. The minimum absolute atomic E-state index is 0.157. The molecule has 0 aliphatic heterocycles. The molecule has 106 valence electrons. The first-order chi connectivity index (χ1) is 8.94. The first-order valence-electron chi connectivity index (χ1n) is 6.49. The third-order valence-electron chi connectivity index (χ3n) is 2.79. The monoisotopic (exact) mass is 282 g/mol. The van der Waals surface area contributed by atoms with Gasteiger partial charge in [-0.25, -0.2) is 4.98 Å². The van der Waals surface area contributed by atoms with Gasteiger partial charge in [-0.2, -0.15) is 0 Å². The third kappa shape index (κ3) is 5.61. The summed E-state index contributed by atoms with van der Waals surface area (Å²) in [5.41, 5.74) is -0.848. The van der Waals surface area contributed by atoms with Crippen LogP contribution in [0.3, 0.4) is 0 Å². The van der Waals surface area contributed by atoms with Gasteiger partial charge in [0.25, 0.3) is 0 Å². The van der Waals surface area contributed by atoms with Gasteiger partial charge < -0.3 is 5.11 Å². The zero-order valence-electron chi connectivity index (χ0n) is 11.7. The number of carbonyl (C=O) groups is 1. The van der Waals surface area contributed by atoms with E-state index in [-0.39, 0.29) is 6.04 Å². The molecule has 0 aliphatic carbocycles. The Kier molecular flexibility index (Phi) is 6.31. The molecular formula is C14H22N2O2S. The summed E-state index contributed by atoms with van der Waals surface area (Å²) >= 11 is 1.66. The topological polar surface area (TPSA) is 62.2 Å². The van der Waals surface area contributed by atoms with Crippen LogP contribution >= 0.6 is 11.8 Å². The van der Waals surface area contributed by atoms with E-state index < -0.39 is 11.5 Å². The lowest BCUT2D eigenvalue weighted by Crippen LogP contribution is -2.52. The largest absolute Gasteiger partial charge is 0.480 e. The van der Waals surface area contributed by atoms with E-state index in [0.29, 0.717) is 6.42 Å². The van der Waals surface area contributed by atoms with E-state index in [0.717, 1.165) is 17.2 Å². The average Bonchev–Trinajstić information content (AvgIpc) is 2.35. The van der Waals surface area contributed by atoms with Gasteiger partial charge in [-0.1, -0.05) is 6.07 Å². The highest BCUT2D eigenvalue weighted by Crippen LogP contribution is 2.20. The average molecular weight is 282 g/mol. The molecule has 19 heavy (non-hydrogen) atoms. The molecule has 4 nitrogen and oxygen atoms in total. The van der Waals surface area contributed by atoms with Crippen LogP contribution in [0.1, 0.15) is 33.6 Å². The van der Waals surface area contributed by atoms with Crippen molar-refractivity contribution in [3.8, 4) is 0 Å². The van der Waals surface area contributed by atoms with Gasteiger partial charge in [0, 0.05) is 12.2 Å². The van der Waals surface area contributed by atoms with Gasteiger partial charge >= 0.3 is 5.97 Å². The summed E-state index contributed by atoms with van der Waals surface area (Å²) in [5, 5.41) is 13.4. The second kappa shape index (κ2) is 7.50. The van der Waals surface area contributed by atoms with Crippen molar-refractivity contribution in [1.29, 1.82) is 0 Å². The number of nitrogens with one attached hydrogen (secondary N) is 1. The fourth-order valence-electron chi connectivity index (χ4n) is 1.91. The number of rotatable bonds is 8. The Balaban J connectivity index is 2.39. The van der Waals surface area contributed by atoms with Crippen molar-refractivity contribution in [2.24, 2.45) is 0 Å². The summed E-state index contributed by atoms with van der Waals surface area (Å²) in [5.74, 6) is 0.0867. The summed E-state index contributed by atoms with van der Waals surface area (Å²) < 4.78 is 0. The zero-order chi connectivity index (χ0) is 14.3. The Morgan fingerprint density at radius 2 is 2.26 bits per heavy atom. The molecule has 0 spiro atoms. The van der Waals surface area contributed by atoms with Crippen molar-refractivity contribution in [3.63, 3.8) is 0 Å². The second-order valence-electron chi connectivity index (χ2n) is 5.06. The van der Waals surface area contributed by atoms with Crippen molar-refractivity contribution in [2.45, 2.75) is 50.2 Å². The van der Waals surface area contributed by atoms with Crippen LogP contribution in [0.5, 0.6) is 0 Å². The minimum atomic E-state index is -0.848. The molecule has 0 bridgehead atoms. The summed E-state index contributed by atoms with van der Waals surface area (Å²) in [7, 11) is 0. The first kappa shape index (κ1) is 16.0. The molecule has 0 saturated heterocycles. The van der Waals surface area contributed by atoms with E-state index in [1.54, 1.807) is 24.9 Å². The molecule has 0 radical (unpaired) electrons. The molecule has 1 aromatic heterocycles. The first-order valence-corrected chi connectivity index (χ1v) is 7.47. The van der Waals surface area contributed by atoms with E-state index in [1.807, 2.05) is 32.0 Å². The molecular weight excluding hydrogens is 260 g/mol. The van der Waals surface area contributed by atoms with Gasteiger partial charge in [0.15, 0.2) is 0 Å². The number of nitrogens with zero attached hydrogens (tertiary/aromatic N) is 1. The lowest BCUT2D eigenvalue weighted by atomic mass is 9.95. The second-order valence-corrected chi connectivity index (χ2v) is 6.17. The van der Waals surface area contributed by atoms with Gasteiger partial charge in [-0.05, 0) is 51.5 Å². The molecule has 1 rings (SSSR count). The maximum atomic E-state index is 11.3. The van der Waals surface area contributed by atoms with E-state index in [4.69, 9.17) is 0 Å². The molecule has 5 heteroatoms. The Hall–Kier alpha value is -1.07. The van der Waals surface area contributed by atoms with E-state index >= 15 is 0 Å². The number of thioether (sulfide) groups is 1. The highest BCUT2D eigenvalue weighted by Gasteiger charge is 2.32. The van der Waals surface area contributed by atoms with Crippen molar-refractivity contribution < 1.29 is 9.90 Å². The molecule has 1 heterocycles. The number of carboxylic acid groups (broad SMARTS) is 1. The lowest BCUT2D eigenvalue weighted by molar-refractivity contribution is -0.144. The van der Waals surface area contributed by atoms with Gasteiger partial charge in [-0.15, -0.1) is 11.8 Å². The van der Waals surface area contributed by atoms with Crippen LogP contribution in [0.15, 0.2) is 29.4 Å². The minimum Gasteiger partial charge on any atom is -0.480 e. The quantitative estimate of drug-likeness (QED) is 0.567. The molecule has 1 atom stereocenters. The number of hydrogen-bond acceptors (Lipinski definition) is 4. The molecule has 1 aromatic rings. The standard InChI is InChI=1S/C14H22N2O2S/c1-11(2)16-14(3,13(17)18)8-6-10-19-12-7-4-5-9-15-12/h4-5,7,9,11,16H,6,8,10H2,1-3H3,(H,17,18). The Bertz CT molecular complexity index is 398. The number of aromatic nitrogens is 1. The molecule has 0 aromatic carbocycles. The maximum Gasteiger partial charge on any atom is 0.323 e. The molecule has 0 aliphatic rings. The summed E-state index contributed by atoms with van der Waals surface area (Å²) in [6, 6.07) is 5.97. The van der Waals surface area contributed by atoms with Crippen LogP contribution in [-0.2, 0) is 4.79 Å². The van der Waals surface area contributed by atoms with E-state index in [1.165, 1.54) is 0 Å². The predicted molar refractivity (Wildman–Crippen MR) is 78.5 cm³/mol. The Labute approximate surface area is 119 Å². The third-order valence-corrected chi connectivity index (χ3v) is 3.82. The molecule has 0 amide bonds. The smallest absolute Gasteiger partial charge is 0.323 e. The zero-order valence-corrected chi connectivity index (χ0v) is 12.5. The summed E-state index contributed by atoms with van der Waals surface area (Å²) in [6.45, 7) is 5.68. The Morgan fingerprint density at radius 3 is 2.79 bits per heavy atom. The fraction of sp³-hybridized carbons (Fsp3) is 0.571. The highest BCUT2D eigenvalue weighted by molar-refractivity contribution is 7.99. The number of pyridine rings is 1. The fourth-order valence-corrected chi connectivity index (χ4v) is 2.72. The van der Waals surface area contributed by atoms with Crippen LogP contribution in [0.2, 0.25) is 0 Å². The predicted octanol–water partition coefficient (Wildman–Crippen LogP) is 2.80. The molecule has 1 unspecified atom stereocenters. The van der Waals surface area contributed by atoms with Crippen LogP contribution in [0, 0.1) is 0 Å². The van der Waals surface area contributed by atoms with Gasteiger partial charge in [0.2, 0.25) is 0 Å². The summed E-state index contributed by atoms with van der Waals surface area (Å²) in [6.07, 6.45) is 3.22. The van der Waals surface area contributed by atoms with Gasteiger partial charge in [0.05, 0.1) is 5.03 Å². The van der Waals surface area contributed by atoms with E-state index in [9.17, 15) is 9.90 Å². The normalized spacial score (nSPS) is 14.3. The molecule has 0 fully saturated rings. The SMILES string of the molecule is CC(C)NC(C)(CCCSc1ccccn1)C(=O)O. The van der Waals surface area contributed by atoms with Crippen molar-refractivity contribution >= 4 is 17.7 Å². The number of aliphatic carboxylic acids is 1. The van der Waals surface area contributed by atoms with Crippen LogP contribution in [0.25, 0.3) is 0 Å².